The minimum absolute atomic E-state index is 0.597. The largest absolute Gasteiger partial charge is 0.481 e. The van der Waals surface area contributed by atoms with E-state index in [2.05, 4.69) is 0 Å². The second-order valence-corrected chi connectivity index (χ2v) is 3.23. The van der Waals surface area contributed by atoms with Gasteiger partial charge in [0.1, 0.15) is 0 Å². The molecule has 148 valence electrons. The molecule has 0 spiro atoms. The van der Waals surface area contributed by atoms with E-state index >= 15 is 0 Å². The SMILES string of the molecule is CC(=O)O.CC(=O)O.CC(=O)O.CC(=O)O.NCCN.NCCN. The Hall–Kier alpha value is -2.28. The quantitative estimate of drug-likeness (QED) is 0.270. The lowest BCUT2D eigenvalue weighted by atomic mass is 10.7. The van der Waals surface area contributed by atoms with E-state index in [4.69, 9.17) is 62.5 Å². The molecule has 0 bridgehead atoms. The molecule has 0 aliphatic carbocycles. The Morgan fingerprint density at radius 2 is 0.542 bits per heavy atom. The van der Waals surface area contributed by atoms with E-state index in [-0.39, 0.29) is 0 Å². The number of aliphatic carboxylic acids is 4. The van der Waals surface area contributed by atoms with Crippen molar-refractivity contribution < 1.29 is 39.6 Å². The molecule has 0 saturated heterocycles. The van der Waals surface area contributed by atoms with Crippen molar-refractivity contribution in [1.82, 2.24) is 0 Å². The van der Waals surface area contributed by atoms with Crippen molar-refractivity contribution in [2.45, 2.75) is 27.7 Å². The van der Waals surface area contributed by atoms with Crippen LogP contribution < -0.4 is 22.9 Å². The molecular weight excluding hydrogens is 328 g/mol. The maximum absolute atomic E-state index is 9.00. The molecule has 0 atom stereocenters. The molecule has 0 saturated carbocycles. The molecule has 12 nitrogen and oxygen atoms in total. The summed E-state index contributed by atoms with van der Waals surface area (Å²) in [5, 5.41) is 29.7. The summed E-state index contributed by atoms with van der Waals surface area (Å²) in [7, 11) is 0. The average molecular weight is 360 g/mol. The fourth-order valence-corrected chi connectivity index (χ4v) is 0. The molecule has 0 aliphatic heterocycles. The van der Waals surface area contributed by atoms with Gasteiger partial charge in [-0.1, -0.05) is 0 Å². The number of hydrogen-bond acceptors (Lipinski definition) is 8. The summed E-state index contributed by atoms with van der Waals surface area (Å²) in [5.41, 5.74) is 19.6. The number of carbonyl (C=O) groups is 4. The topological polar surface area (TPSA) is 253 Å². The molecule has 0 fully saturated rings. The van der Waals surface area contributed by atoms with Crippen LogP contribution in [-0.4, -0.2) is 70.5 Å². The Bertz CT molecular complexity index is 216. The standard InChI is InChI=1S/2C2H8N2.4C2H4O2/c2*3-1-2-4;4*1-2(3)4/h2*1-4H2;4*1H3,(H,3,4). The molecule has 24 heavy (non-hydrogen) atoms. The molecule has 0 rings (SSSR count). The summed E-state index contributed by atoms with van der Waals surface area (Å²) in [6.45, 7) is 6.72. The summed E-state index contributed by atoms with van der Waals surface area (Å²) >= 11 is 0. The van der Waals surface area contributed by atoms with Gasteiger partial charge in [-0.05, 0) is 0 Å². The van der Waals surface area contributed by atoms with Gasteiger partial charge in [-0.2, -0.15) is 0 Å². The molecule has 0 radical (unpaired) electrons. The van der Waals surface area contributed by atoms with Crippen LogP contribution in [0.15, 0.2) is 0 Å². The molecule has 12 N–H and O–H groups in total. The molecule has 0 amide bonds. The van der Waals surface area contributed by atoms with Crippen LogP contribution in [0.2, 0.25) is 0 Å². The lowest BCUT2D eigenvalue weighted by molar-refractivity contribution is -0.135. The third-order valence-corrected chi connectivity index (χ3v) is 0.333. The molecular formula is C12H32N4O8. The van der Waals surface area contributed by atoms with Crippen molar-refractivity contribution in [3.05, 3.63) is 0 Å². The van der Waals surface area contributed by atoms with Gasteiger partial charge in [0, 0.05) is 53.9 Å². The lowest BCUT2D eigenvalue weighted by Crippen LogP contribution is -2.11. The highest BCUT2D eigenvalue weighted by molar-refractivity contribution is 5.63. The molecule has 0 aliphatic rings. The maximum atomic E-state index is 9.00. The van der Waals surface area contributed by atoms with Crippen LogP contribution in [0.1, 0.15) is 27.7 Å². The van der Waals surface area contributed by atoms with Crippen molar-refractivity contribution in [3.63, 3.8) is 0 Å². The second kappa shape index (κ2) is 42.8. The van der Waals surface area contributed by atoms with Gasteiger partial charge in [0.2, 0.25) is 0 Å². The summed E-state index contributed by atoms with van der Waals surface area (Å²) in [6.07, 6.45) is 0. The van der Waals surface area contributed by atoms with E-state index in [1.165, 1.54) is 0 Å². The van der Waals surface area contributed by atoms with Crippen LogP contribution in [0.3, 0.4) is 0 Å². The van der Waals surface area contributed by atoms with Crippen LogP contribution in [0.4, 0.5) is 0 Å². The van der Waals surface area contributed by atoms with Gasteiger partial charge in [0.25, 0.3) is 23.9 Å². The Balaban J connectivity index is -0.0000000405. The van der Waals surface area contributed by atoms with E-state index in [1.807, 2.05) is 0 Å². The molecule has 0 aromatic carbocycles. The fourth-order valence-electron chi connectivity index (χ4n) is 0. The van der Waals surface area contributed by atoms with E-state index < -0.39 is 23.9 Å². The van der Waals surface area contributed by atoms with Crippen LogP contribution in [0, 0.1) is 0 Å². The van der Waals surface area contributed by atoms with Crippen molar-refractivity contribution in [1.29, 1.82) is 0 Å². The Morgan fingerprint density at radius 3 is 0.542 bits per heavy atom. The van der Waals surface area contributed by atoms with Gasteiger partial charge < -0.3 is 43.4 Å². The second-order valence-electron chi connectivity index (χ2n) is 3.23. The van der Waals surface area contributed by atoms with Crippen LogP contribution >= 0.6 is 0 Å². The van der Waals surface area contributed by atoms with Crippen LogP contribution in [-0.2, 0) is 19.2 Å². The molecule has 0 heterocycles. The Kier molecular flexibility index (Phi) is 67.3. The zero-order valence-corrected chi connectivity index (χ0v) is 14.6. The first-order chi connectivity index (χ1) is 10.8. The predicted octanol–water partition coefficient (Wildman–Crippen LogP) is -1.83. The number of rotatable bonds is 2. The first-order valence-electron chi connectivity index (χ1n) is 6.34. The molecule has 0 unspecified atom stereocenters. The van der Waals surface area contributed by atoms with Gasteiger partial charge >= 0.3 is 0 Å². The minimum atomic E-state index is -0.833. The van der Waals surface area contributed by atoms with E-state index in [0.717, 1.165) is 27.7 Å². The van der Waals surface area contributed by atoms with Crippen molar-refractivity contribution in [2.75, 3.05) is 26.2 Å². The monoisotopic (exact) mass is 360 g/mol. The predicted molar refractivity (Wildman–Crippen MR) is 89.5 cm³/mol. The zero-order chi connectivity index (χ0) is 21.1. The van der Waals surface area contributed by atoms with Gasteiger partial charge in [-0.15, -0.1) is 0 Å². The highest BCUT2D eigenvalue weighted by atomic mass is 16.4. The number of nitrogens with two attached hydrogens (primary N) is 4. The molecule has 0 aromatic rings. The third kappa shape index (κ3) is 88100. The van der Waals surface area contributed by atoms with Gasteiger partial charge in [-0.25, -0.2) is 0 Å². The Labute approximate surface area is 141 Å². The van der Waals surface area contributed by atoms with Gasteiger partial charge in [0.05, 0.1) is 0 Å². The third-order valence-electron chi connectivity index (χ3n) is 0.333. The van der Waals surface area contributed by atoms with Crippen molar-refractivity contribution >= 4 is 23.9 Å². The highest BCUT2D eigenvalue weighted by Gasteiger charge is 1.66. The molecule has 0 aromatic heterocycles. The first kappa shape index (κ1) is 37.7. The number of hydrogen-bond donors (Lipinski definition) is 8. The van der Waals surface area contributed by atoms with E-state index in [0.29, 0.717) is 26.2 Å². The summed E-state index contributed by atoms with van der Waals surface area (Å²) in [4.78, 5) is 36.0. The highest BCUT2D eigenvalue weighted by Crippen LogP contribution is 1.43. The summed E-state index contributed by atoms with van der Waals surface area (Å²) in [5.74, 6) is -3.33. The maximum Gasteiger partial charge on any atom is 0.300 e. The first-order valence-corrected chi connectivity index (χ1v) is 6.34. The smallest absolute Gasteiger partial charge is 0.300 e. The van der Waals surface area contributed by atoms with Crippen molar-refractivity contribution in [3.8, 4) is 0 Å². The summed E-state index contributed by atoms with van der Waals surface area (Å²) in [6, 6.07) is 0. The van der Waals surface area contributed by atoms with Crippen LogP contribution in [0.25, 0.3) is 0 Å². The normalized spacial score (nSPS) is 6.67. The Morgan fingerprint density at radius 1 is 0.500 bits per heavy atom. The number of carboxylic acid groups (broad SMARTS) is 4. The summed E-state index contributed by atoms with van der Waals surface area (Å²) < 4.78 is 0. The van der Waals surface area contributed by atoms with Gasteiger partial charge in [-0.3, -0.25) is 19.2 Å². The lowest BCUT2D eigenvalue weighted by Gasteiger charge is -1.72. The van der Waals surface area contributed by atoms with Crippen LogP contribution in [0.5, 0.6) is 0 Å². The average Bonchev–Trinajstić information content (AvgIpc) is 2.36. The van der Waals surface area contributed by atoms with E-state index in [1.54, 1.807) is 0 Å². The van der Waals surface area contributed by atoms with E-state index in [9.17, 15) is 0 Å². The molecule has 12 heteroatoms. The number of carboxylic acids is 4. The van der Waals surface area contributed by atoms with Crippen molar-refractivity contribution in [2.24, 2.45) is 22.9 Å². The van der Waals surface area contributed by atoms with Gasteiger partial charge in [0.15, 0.2) is 0 Å². The fraction of sp³-hybridized carbons (Fsp3) is 0.667. The zero-order valence-electron chi connectivity index (χ0n) is 14.6. The minimum Gasteiger partial charge on any atom is -0.481 e.